The zero-order valence-electron chi connectivity index (χ0n) is 17.5. The van der Waals surface area contributed by atoms with Crippen LogP contribution in [0.4, 0.5) is 17.1 Å². The van der Waals surface area contributed by atoms with Crippen molar-refractivity contribution in [1.82, 2.24) is 25.2 Å². The first-order chi connectivity index (χ1) is 16.2. The number of nitrogens with one attached hydrogen (secondary N) is 1. The summed E-state index contributed by atoms with van der Waals surface area (Å²) in [5.41, 5.74) is 3.13. The van der Waals surface area contributed by atoms with Gasteiger partial charge >= 0.3 is 0 Å². The molecule has 0 unspecified atom stereocenters. The van der Waals surface area contributed by atoms with E-state index in [1.807, 2.05) is 60.8 Å². The van der Waals surface area contributed by atoms with Gasteiger partial charge in [-0.1, -0.05) is 30.3 Å². The number of tetrazole rings is 1. The third-order valence-corrected chi connectivity index (χ3v) is 5.37. The fraction of sp³-hybridized carbons (Fsp3) is 0.0833. The minimum Gasteiger partial charge on any atom is -0.350 e. The highest BCUT2D eigenvalue weighted by atomic mass is 16.6. The summed E-state index contributed by atoms with van der Waals surface area (Å²) in [6.45, 7) is 0. The lowest BCUT2D eigenvalue weighted by molar-refractivity contribution is -0.382. The molecule has 2 heterocycles. The van der Waals surface area contributed by atoms with E-state index < -0.39 is 0 Å². The van der Waals surface area contributed by atoms with Gasteiger partial charge in [-0.25, -0.2) is 0 Å². The lowest BCUT2D eigenvalue weighted by Gasteiger charge is -2.10. The average Bonchev–Trinajstić information content (AvgIpc) is 3.32. The fourth-order valence-electron chi connectivity index (χ4n) is 3.76. The first-order valence-electron chi connectivity index (χ1n) is 10.4. The maximum Gasteiger partial charge on any atom is 0.300 e. The van der Waals surface area contributed by atoms with Crippen LogP contribution in [0.15, 0.2) is 85.2 Å². The molecule has 0 spiro atoms. The van der Waals surface area contributed by atoms with Crippen LogP contribution in [0.1, 0.15) is 11.4 Å². The van der Waals surface area contributed by atoms with E-state index in [4.69, 9.17) is 0 Å². The van der Waals surface area contributed by atoms with E-state index in [1.54, 1.807) is 29.1 Å². The minimum atomic E-state index is -0.353. The maximum atomic E-state index is 11.8. The van der Waals surface area contributed by atoms with E-state index >= 15 is 0 Å². The molecule has 0 radical (unpaired) electrons. The molecule has 0 aliphatic carbocycles. The van der Waals surface area contributed by atoms with Crippen LogP contribution in [0.3, 0.4) is 0 Å². The van der Waals surface area contributed by atoms with Crippen LogP contribution in [0, 0.1) is 10.1 Å². The highest BCUT2D eigenvalue weighted by molar-refractivity contribution is 5.97. The van der Waals surface area contributed by atoms with Gasteiger partial charge in [0.25, 0.3) is 5.69 Å². The monoisotopic (exact) mass is 437 g/mol. The van der Waals surface area contributed by atoms with Gasteiger partial charge in [0.05, 0.1) is 16.0 Å². The van der Waals surface area contributed by atoms with Crippen LogP contribution < -0.4 is 5.32 Å². The number of hydrogen-bond donors (Lipinski definition) is 1. The molecule has 0 atom stereocenters. The lowest BCUT2D eigenvalue weighted by Crippen LogP contribution is -2.05. The maximum absolute atomic E-state index is 11.8. The Morgan fingerprint density at radius 3 is 2.58 bits per heavy atom. The van der Waals surface area contributed by atoms with Gasteiger partial charge in [0.2, 0.25) is 0 Å². The van der Waals surface area contributed by atoms with E-state index in [1.165, 1.54) is 0 Å². The molecule has 0 saturated heterocycles. The smallest absolute Gasteiger partial charge is 0.300 e. The molecule has 0 bridgehead atoms. The van der Waals surface area contributed by atoms with Crippen LogP contribution in [-0.4, -0.2) is 30.1 Å². The summed E-state index contributed by atoms with van der Waals surface area (Å²) < 4.78 is 1.69. The summed E-state index contributed by atoms with van der Waals surface area (Å²) in [6.07, 6.45) is 5.03. The second-order valence-corrected chi connectivity index (χ2v) is 7.48. The number of hydrogen-bond acceptors (Lipinski definition) is 7. The summed E-state index contributed by atoms with van der Waals surface area (Å²) in [4.78, 5) is 15.6. The molecule has 162 valence electrons. The van der Waals surface area contributed by atoms with Crippen molar-refractivity contribution in [2.75, 3.05) is 5.32 Å². The number of fused-ring (bicyclic) bond motifs is 1. The number of benzene rings is 3. The predicted molar refractivity (Wildman–Crippen MR) is 125 cm³/mol. The van der Waals surface area contributed by atoms with Gasteiger partial charge in [-0.2, -0.15) is 4.68 Å². The molecule has 0 aliphatic heterocycles. The summed E-state index contributed by atoms with van der Waals surface area (Å²) in [5, 5.41) is 28.4. The summed E-state index contributed by atoms with van der Waals surface area (Å²) >= 11 is 0. The van der Waals surface area contributed by atoms with E-state index in [2.05, 4.69) is 25.8 Å². The number of nitrogens with zero attached hydrogens (tertiary/aromatic N) is 6. The molecule has 2 aromatic heterocycles. The van der Waals surface area contributed by atoms with Gasteiger partial charge in [0.1, 0.15) is 5.69 Å². The van der Waals surface area contributed by atoms with E-state index in [0.29, 0.717) is 17.5 Å². The van der Waals surface area contributed by atoms with Crippen LogP contribution in [0.25, 0.3) is 16.5 Å². The van der Waals surface area contributed by atoms with E-state index in [9.17, 15) is 10.1 Å². The normalized spacial score (nSPS) is 10.9. The van der Waals surface area contributed by atoms with E-state index in [-0.39, 0.29) is 10.6 Å². The second kappa shape index (κ2) is 8.83. The van der Waals surface area contributed by atoms with Gasteiger partial charge in [0.15, 0.2) is 5.82 Å². The molecule has 9 heteroatoms. The molecule has 3 aromatic carbocycles. The number of aryl methyl sites for hydroxylation is 2. The van der Waals surface area contributed by atoms with Crippen molar-refractivity contribution in [3.8, 4) is 5.69 Å². The van der Waals surface area contributed by atoms with Crippen molar-refractivity contribution in [2.45, 2.75) is 12.8 Å². The Morgan fingerprint density at radius 1 is 0.939 bits per heavy atom. The van der Waals surface area contributed by atoms with Gasteiger partial charge in [-0.15, -0.1) is 5.10 Å². The Bertz CT molecular complexity index is 1420. The van der Waals surface area contributed by atoms with Gasteiger partial charge in [0, 0.05) is 24.5 Å². The number of rotatable bonds is 7. The first-order valence-corrected chi connectivity index (χ1v) is 10.4. The topological polar surface area (TPSA) is 112 Å². The molecule has 0 saturated carbocycles. The standard InChI is InChI=1S/C24H19N7O2/c32-31(33)24-21-6-2-1-5-18(21)8-13-22(24)26-19-9-11-20(12-10-19)30-23(27-28-29-30)14-7-17-4-3-15-25-16-17/h1-6,8-13,15-16,26H,7,14H2. The number of aromatic nitrogens is 5. The molecule has 0 amide bonds. The van der Waals surface area contributed by atoms with Gasteiger partial charge < -0.3 is 5.32 Å². The second-order valence-electron chi connectivity index (χ2n) is 7.48. The fourth-order valence-corrected chi connectivity index (χ4v) is 3.76. The zero-order chi connectivity index (χ0) is 22.6. The molecule has 1 N–H and O–H groups in total. The SMILES string of the molecule is O=[N+]([O-])c1c(Nc2ccc(-n3nnnc3CCc3cccnc3)cc2)ccc2ccccc12. The highest BCUT2D eigenvalue weighted by Gasteiger charge is 2.18. The molecule has 33 heavy (non-hydrogen) atoms. The van der Waals surface area contributed by atoms with Crippen LogP contribution in [-0.2, 0) is 12.8 Å². The van der Waals surface area contributed by atoms with Crippen LogP contribution in [0.2, 0.25) is 0 Å². The first kappa shape index (κ1) is 20.3. The Hall–Kier alpha value is -4.66. The Balaban J connectivity index is 1.37. The number of anilines is 2. The lowest BCUT2D eigenvalue weighted by atomic mass is 10.1. The molecule has 0 fully saturated rings. The molecule has 5 rings (SSSR count). The van der Waals surface area contributed by atoms with Crippen LogP contribution in [0.5, 0.6) is 0 Å². The van der Waals surface area contributed by atoms with Crippen molar-refractivity contribution >= 4 is 27.8 Å². The molecular formula is C24H19N7O2. The average molecular weight is 437 g/mol. The van der Waals surface area contributed by atoms with Gasteiger partial charge in [-0.05, 0) is 70.3 Å². The third-order valence-electron chi connectivity index (χ3n) is 5.37. The largest absolute Gasteiger partial charge is 0.350 e. The Labute approximate surface area is 188 Å². The van der Waals surface area contributed by atoms with E-state index in [0.717, 1.165) is 34.6 Å². The minimum absolute atomic E-state index is 0.0512. The van der Waals surface area contributed by atoms with Crippen molar-refractivity contribution < 1.29 is 4.92 Å². The molecule has 9 nitrogen and oxygen atoms in total. The Kier molecular flexibility index (Phi) is 5.42. The highest BCUT2D eigenvalue weighted by Crippen LogP contribution is 2.35. The molecular weight excluding hydrogens is 418 g/mol. The molecule has 0 aliphatic rings. The van der Waals surface area contributed by atoms with Gasteiger partial charge in [-0.3, -0.25) is 15.1 Å². The third kappa shape index (κ3) is 4.24. The Morgan fingerprint density at radius 2 is 1.79 bits per heavy atom. The van der Waals surface area contributed by atoms with Crippen molar-refractivity contribution in [3.63, 3.8) is 0 Å². The zero-order valence-corrected chi connectivity index (χ0v) is 17.5. The summed E-state index contributed by atoms with van der Waals surface area (Å²) in [7, 11) is 0. The summed E-state index contributed by atoms with van der Waals surface area (Å²) in [6, 6.07) is 22.2. The van der Waals surface area contributed by atoms with Crippen molar-refractivity contribution in [3.05, 3.63) is 107 Å². The van der Waals surface area contributed by atoms with Crippen molar-refractivity contribution in [2.24, 2.45) is 0 Å². The number of nitro groups is 1. The predicted octanol–water partition coefficient (Wildman–Crippen LogP) is 4.65. The summed E-state index contributed by atoms with van der Waals surface area (Å²) in [5.74, 6) is 0.740. The van der Waals surface area contributed by atoms with Crippen LogP contribution >= 0.6 is 0 Å². The number of nitro benzene ring substituents is 1. The van der Waals surface area contributed by atoms with Crippen molar-refractivity contribution in [1.29, 1.82) is 0 Å². The quantitative estimate of drug-likeness (QED) is 0.291. The molecule has 5 aromatic rings. The number of pyridine rings is 1.